The molecule has 0 unspecified atom stereocenters. The molecule has 0 spiro atoms. The largest absolute Gasteiger partial charge is 0.325 e. The van der Waals surface area contributed by atoms with Crippen LogP contribution < -0.4 is 10.6 Å². The van der Waals surface area contributed by atoms with Gasteiger partial charge >= 0.3 is 0 Å². The normalized spacial score (nSPS) is 16.9. The van der Waals surface area contributed by atoms with Crippen molar-refractivity contribution in [2.24, 2.45) is 5.73 Å². The zero-order valence-electron chi connectivity index (χ0n) is 11.5. The predicted octanol–water partition coefficient (Wildman–Crippen LogP) is 2.22. The van der Waals surface area contributed by atoms with Crippen LogP contribution in [0.3, 0.4) is 0 Å². The predicted molar refractivity (Wildman–Crippen MR) is 76.5 cm³/mol. The molecule has 1 aromatic carbocycles. The van der Waals surface area contributed by atoms with E-state index in [0.29, 0.717) is 12.1 Å². The molecule has 2 N–H and O–H groups in total. The third-order valence-corrected chi connectivity index (χ3v) is 3.92. The van der Waals surface area contributed by atoms with Crippen LogP contribution in [-0.2, 0) is 4.79 Å². The number of hydrogen-bond acceptors (Lipinski definition) is 4. The molecule has 1 saturated carbocycles. The molecule has 1 aliphatic rings. The molecule has 108 valence electrons. The molecule has 1 aliphatic carbocycles. The van der Waals surface area contributed by atoms with E-state index < -0.39 is 4.92 Å². The second-order valence-corrected chi connectivity index (χ2v) is 5.47. The summed E-state index contributed by atoms with van der Waals surface area (Å²) in [6, 6.07) is 5.95. The van der Waals surface area contributed by atoms with E-state index >= 15 is 0 Å². The van der Waals surface area contributed by atoms with Crippen LogP contribution >= 0.6 is 0 Å². The summed E-state index contributed by atoms with van der Waals surface area (Å²) in [5, 5.41) is 10.6. The first-order chi connectivity index (χ1) is 9.41. The van der Waals surface area contributed by atoms with Crippen molar-refractivity contribution in [3.8, 4) is 0 Å². The number of nitro groups is 1. The van der Waals surface area contributed by atoms with Crippen LogP contribution in [0.5, 0.6) is 0 Å². The number of non-ortho nitro benzene ring substituents is 1. The molecule has 6 heteroatoms. The Morgan fingerprint density at radius 1 is 1.35 bits per heavy atom. The number of rotatable bonds is 4. The van der Waals surface area contributed by atoms with Gasteiger partial charge in [0.15, 0.2) is 0 Å². The first kappa shape index (κ1) is 14.5. The van der Waals surface area contributed by atoms with E-state index in [2.05, 4.69) is 0 Å². The second kappa shape index (κ2) is 5.58. The van der Waals surface area contributed by atoms with Gasteiger partial charge in [-0.25, -0.2) is 0 Å². The van der Waals surface area contributed by atoms with Gasteiger partial charge in [-0.1, -0.05) is 12.8 Å². The van der Waals surface area contributed by atoms with Crippen molar-refractivity contribution in [1.82, 2.24) is 0 Å². The fourth-order valence-corrected chi connectivity index (χ4v) is 2.62. The molecule has 0 atom stereocenters. The third-order valence-electron chi connectivity index (χ3n) is 3.92. The molecule has 1 aromatic rings. The Labute approximate surface area is 117 Å². The van der Waals surface area contributed by atoms with Crippen LogP contribution in [0.1, 0.15) is 32.1 Å². The zero-order chi connectivity index (χ0) is 14.8. The van der Waals surface area contributed by atoms with Crippen molar-refractivity contribution < 1.29 is 9.72 Å². The average molecular weight is 277 g/mol. The lowest BCUT2D eigenvalue weighted by molar-refractivity contribution is -0.384. The van der Waals surface area contributed by atoms with Gasteiger partial charge in [-0.15, -0.1) is 0 Å². The highest BCUT2D eigenvalue weighted by molar-refractivity contribution is 5.93. The average Bonchev–Trinajstić information content (AvgIpc) is 2.84. The van der Waals surface area contributed by atoms with Crippen molar-refractivity contribution >= 4 is 17.3 Å². The number of hydrogen-bond donors (Lipinski definition) is 1. The Balaban J connectivity index is 2.04. The topological polar surface area (TPSA) is 89.5 Å². The van der Waals surface area contributed by atoms with E-state index in [1.807, 2.05) is 0 Å². The maximum absolute atomic E-state index is 12.2. The maximum atomic E-state index is 12.2. The molecule has 6 nitrogen and oxygen atoms in total. The molecular weight excluding hydrogens is 258 g/mol. The van der Waals surface area contributed by atoms with E-state index in [0.717, 1.165) is 25.7 Å². The Morgan fingerprint density at radius 2 is 1.90 bits per heavy atom. The molecule has 0 saturated heterocycles. The summed E-state index contributed by atoms with van der Waals surface area (Å²) in [4.78, 5) is 23.9. The van der Waals surface area contributed by atoms with E-state index in [4.69, 9.17) is 5.73 Å². The number of nitrogens with two attached hydrogens (primary N) is 1. The lowest BCUT2D eigenvalue weighted by Gasteiger charge is -2.26. The highest BCUT2D eigenvalue weighted by Gasteiger charge is 2.32. The maximum Gasteiger partial charge on any atom is 0.269 e. The minimum atomic E-state index is -0.459. The van der Waals surface area contributed by atoms with Crippen molar-refractivity contribution in [1.29, 1.82) is 0 Å². The van der Waals surface area contributed by atoms with Crippen LogP contribution in [0, 0.1) is 10.1 Å². The Bertz CT molecular complexity index is 507. The van der Waals surface area contributed by atoms with E-state index in [1.54, 1.807) is 19.2 Å². The highest BCUT2D eigenvalue weighted by Crippen LogP contribution is 2.31. The van der Waals surface area contributed by atoms with Crippen molar-refractivity contribution in [3.63, 3.8) is 0 Å². The van der Waals surface area contributed by atoms with Crippen LogP contribution in [0.2, 0.25) is 0 Å². The molecule has 1 amide bonds. The Kier molecular flexibility index (Phi) is 4.04. The van der Waals surface area contributed by atoms with Gasteiger partial charge in [-0.3, -0.25) is 14.9 Å². The summed E-state index contributed by atoms with van der Waals surface area (Å²) in [5.41, 5.74) is 6.48. The molecule has 1 fully saturated rings. The van der Waals surface area contributed by atoms with Crippen LogP contribution in [0.25, 0.3) is 0 Å². The van der Waals surface area contributed by atoms with Gasteiger partial charge in [-0.2, -0.15) is 0 Å². The SMILES string of the molecule is CN(C(=O)CC1(N)CCCC1)c1ccc([N+](=O)[O-])cc1. The molecule has 0 radical (unpaired) electrons. The molecule has 2 rings (SSSR count). The first-order valence-corrected chi connectivity index (χ1v) is 6.71. The van der Waals surface area contributed by atoms with Crippen molar-refractivity contribution in [3.05, 3.63) is 34.4 Å². The third kappa shape index (κ3) is 3.14. The van der Waals surface area contributed by atoms with Crippen LogP contribution in [0.4, 0.5) is 11.4 Å². The Morgan fingerprint density at radius 3 is 2.40 bits per heavy atom. The monoisotopic (exact) mass is 277 g/mol. The van der Waals surface area contributed by atoms with Gasteiger partial charge < -0.3 is 10.6 Å². The number of amides is 1. The van der Waals surface area contributed by atoms with Crippen molar-refractivity contribution in [2.75, 3.05) is 11.9 Å². The quantitative estimate of drug-likeness (QED) is 0.675. The number of carbonyl (C=O) groups excluding carboxylic acids is 1. The lowest BCUT2D eigenvalue weighted by Crippen LogP contribution is -2.42. The molecule has 20 heavy (non-hydrogen) atoms. The van der Waals surface area contributed by atoms with Gasteiger partial charge in [0, 0.05) is 36.8 Å². The minimum absolute atomic E-state index is 0.0145. The molecule has 0 aliphatic heterocycles. The number of nitro benzene ring substituents is 1. The van der Waals surface area contributed by atoms with Gasteiger partial charge in [-0.05, 0) is 25.0 Å². The zero-order valence-corrected chi connectivity index (χ0v) is 11.5. The van der Waals surface area contributed by atoms with Crippen LogP contribution in [0.15, 0.2) is 24.3 Å². The number of anilines is 1. The fourth-order valence-electron chi connectivity index (χ4n) is 2.62. The summed E-state index contributed by atoms with van der Waals surface area (Å²) >= 11 is 0. The summed E-state index contributed by atoms with van der Waals surface area (Å²) in [7, 11) is 1.67. The summed E-state index contributed by atoms with van der Waals surface area (Å²) in [5.74, 6) is -0.0525. The number of nitrogens with zero attached hydrogens (tertiary/aromatic N) is 2. The number of benzene rings is 1. The number of carbonyl (C=O) groups is 1. The standard InChI is InChI=1S/C14H19N3O3/c1-16(11-4-6-12(7-5-11)17(19)20)13(18)10-14(15)8-2-3-9-14/h4-7H,2-3,8-10,15H2,1H3. The minimum Gasteiger partial charge on any atom is -0.325 e. The van der Waals surface area contributed by atoms with Gasteiger partial charge in [0.2, 0.25) is 5.91 Å². The van der Waals surface area contributed by atoms with E-state index in [9.17, 15) is 14.9 Å². The molecular formula is C14H19N3O3. The molecule has 0 bridgehead atoms. The smallest absolute Gasteiger partial charge is 0.269 e. The molecule has 0 heterocycles. The van der Waals surface area contributed by atoms with Crippen LogP contribution in [-0.4, -0.2) is 23.4 Å². The summed E-state index contributed by atoms with van der Waals surface area (Å²) in [6.07, 6.45) is 4.23. The lowest BCUT2D eigenvalue weighted by atomic mass is 9.94. The van der Waals surface area contributed by atoms with E-state index in [1.165, 1.54) is 17.0 Å². The second-order valence-electron chi connectivity index (χ2n) is 5.47. The first-order valence-electron chi connectivity index (χ1n) is 6.71. The van der Waals surface area contributed by atoms with Gasteiger partial charge in [0.05, 0.1) is 4.92 Å². The van der Waals surface area contributed by atoms with E-state index in [-0.39, 0.29) is 17.1 Å². The van der Waals surface area contributed by atoms with Crippen molar-refractivity contribution in [2.45, 2.75) is 37.6 Å². The summed E-state index contributed by atoms with van der Waals surface area (Å²) < 4.78 is 0. The summed E-state index contributed by atoms with van der Waals surface area (Å²) in [6.45, 7) is 0. The fraction of sp³-hybridized carbons (Fsp3) is 0.500. The van der Waals surface area contributed by atoms with Gasteiger partial charge in [0.1, 0.15) is 0 Å². The Hall–Kier alpha value is -1.95. The molecule has 0 aromatic heterocycles. The highest BCUT2D eigenvalue weighted by atomic mass is 16.6. The van der Waals surface area contributed by atoms with Gasteiger partial charge in [0.25, 0.3) is 5.69 Å².